The number of benzene rings is 1. The number of amides is 1. The van der Waals surface area contributed by atoms with Crippen LogP contribution in [0.25, 0.3) is 0 Å². The van der Waals surface area contributed by atoms with Gasteiger partial charge in [0.2, 0.25) is 5.91 Å². The van der Waals surface area contributed by atoms with E-state index in [4.69, 9.17) is 0 Å². The van der Waals surface area contributed by atoms with Gasteiger partial charge in [0.05, 0.1) is 0 Å². The number of nitrogens with one attached hydrogen (secondary N) is 1. The summed E-state index contributed by atoms with van der Waals surface area (Å²) in [5, 5.41) is 6.55. The Hall–Kier alpha value is -2.58. The van der Waals surface area contributed by atoms with Crippen LogP contribution in [0, 0.1) is 0 Å². The fourth-order valence-electron chi connectivity index (χ4n) is 1.78. The van der Waals surface area contributed by atoms with Crippen LogP contribution >= 0.6 is 0 Å². The highest BCUT2D eigenvalue weighted by Crippen LogP contribution is 2.19. The first kappa shape index (κ1) is 16.8. The number of ether oxygens (including phenoxy) is 1. The Kier molecular flexibility index (Phi) is 5.20. The van der Waals surface area contributed by atoms with Gasteiger partial charge in [-0.25, -0.2) is 9.67 Å². The van der Waals surface area contributed by atoms with Crippen LogP contribution in [0.2, 0.25) is 0 Å². The molecule has 124 valence electrons. The molecular weight excluding hydrogens is 313 g/mol. The van der Waals surface area contributed by atoms with Crippen LogP contribution in [0.15, 0.2) is 36.9 Å². The maximum atomic E-state index is 12.1. The number of rotatable bonds is 6. The molecule has 0 aliphatic carbocycles. The minimum atomic E-state index is -4.39. The summed E-state index contributed by atoms with van der Waals surface area (Å²) in [6.45, 7) is 0.472. The molecule has 0 aliphatic heterocycles. The average Bonchev–Trinajstić information content (AvgIpc) is 3.04. The molecule has 1 aromatic heterocycles. The minimum Gasteiger partial charge on any atom is -0.484 e. The van der Waals surface area contributed by atoms with Gasteiger partial charge in [0, 0.05) is 6.54 Å². The Labute approximate surface area is 130 Å². The molecular formula is C14H15F3N4O2. The molecule has 1 N–H and O–H groups in total. The molecule has 2 aromatic rings. The lowest BCUT2D eigenvalue weighted by Crippen LogP contribution is -2.30. The molecule has 6 nitrogen and oxygen atoms in total. The predicted octanol–water partition coefficient (Wildman–Crippen LogP) is 2.10. The molecule has 23 heavy (non-hydrogen) atoms. The Bertz CT molecular complexity index is 644. The third-order valence-electron chi connectivity index (χ3n) is 2.98. The van der Waals surface area contributed by atoms with Crippen molar-refractivity contribution in [2.24, 2.45) is 0 Å². The van der Waals surface area contributed by atoms with E-state index in [0.717, 1.165) is 0 Å². The van der Waals surface area contributed by atoms with Crippen molar-refractivity contribution in [3.05, 3.63) is 42.5 Å². The molecule has 1 heterocycles. The van der Waals surface area contributed by atoms with Crippen LogP contribution in [0.1, 0.15) is 18.5 Å². The summed E-state index contributed by atoms with van der Waals surface area (Å²) < 4.78 is 42.4. The molecule has 0 radical (unpaired) electrons. The third kappa shape index (κ3) is 5.28. The molecule has 0 saturated heterocycles. The number of halogens is 3. The zero-order valence-corrected chi connectivity index (χ0v) is 12.2. The molecule has 0 bridgehead atoms. The van der Waals surface area contributed by atoms with E-state index in [0.29, 0.717) is 5.56 Å². The van der Waals surface area contributed by atoms with Gasteiger partial charge in [-0.15, -0.1) is 0 Å². The third-order valence-corrected chi connectivity index (χ3v) is 2.98. The van der Waals surface area contributed by atoms with Crippen LogP contribution in [0.5, 0.6) is 5.75 Å². The second-order valence-corrected chi connectivity index (χ2v) is 4.82. The molecule has 2 rings (SSSR count). The zero-order valence-electron chi connectivity index (χ0n) is 12.2. The smallest absolute Gasteiger partial charge is 0.422 e. The van der Waals surface area contributed by atoms with E-state index in [-0.39, 0.29) is 18.2 Å². The van der Waals surface area contributed by atoms with Crippen LogP contribution < -0.4 is 10.1 Å². The van der Waals surface area contributed by atoms with E-state index in [2.05, 4.69) is 20.1 Å². The van der Waals surface area contributed by atoms with Gasteiger partial charge in [0.25, 0.3) is 0 Å². The van der Waals surface area contributed by atoms with Crippen molar-refractivity contribution >= 4 is 5.91 Å². The molecule has 0 spiro atoms. The zero-order chi connectivity index (χ0) is 16.9. The summed E-state index contributed by atoms with van der Waals surface area (Å²) in [5.41, 5.74) is 0.629. The van der Waals surface area contributed by atoms with Crippen LogP contribution in [-0.2, 0) is 11.3 Å². The number of aromatic nitrogens is 3. The maximum absolute atomic E-state index is 12.1. The van der Waals surface area contributed by atoms with Crippen molar-refractivity contribution in [3.63, 3.8) is 0 Å². The highest BCUT2D eigenvalue weighted by molar-refractivity contribution is 5.79. The van der Waals surface area contributed by atoms with Crippen LogP contribution in [0.3, 0.4) is 0 Å². The molecule has 1 amide bonds. The van der Waals surface area contributed by atoms with Crippen LogP contribution in [-0.4, -0.2) is 33.5 Å². The van der Waals surface area contributed by atoms with Crippen molar-refractivity contribution in [2.75, 3.05) is 6.61 Å². The summed E-state index contributed by atoms with van der Waals surface area (Å²) in [5.74, 6) is -0.185. The van der Waals surface area contributed by atoms with E-state index < -0.39 is 18.8 Å². The quantitative estimate of drug-likeness (QED) is 0.882. The summed E-state index contributed by atoms with van der Waals surface area (Å²) in [4.78, 5) is 15.7. The van der Waals surface area contributed by atoms with E-state index in [1.54, 1.807) is 19.1 Å². The minimum absolute atomic E-state index is 0.0957. The van der Waals surface area contributed by atoms with Gasteiger partial charge in [-0.05, 0) is 24.6 Å². The van der Waals surface area contributed by atoms with E-state index in [9.17, 15) is 18.0 Å². The van der Waals surface area contributed by atoms with Gasteiger partial charge >= 0.3 is 6.18 Å². The Balaban J connectivity index is 1.89. The van der Waals surface area contributed by atoms with E-state index in [1.165, 1.54) is 29.5 Å². The average molecular weight is 328 g/mol. The Morgan fingerprint density at radius 3 is 2.87 bits per heavy atom. The maximum Gasteiger partial charge on any atom is 0.422 e. The molecule has 1 aromatic carbocycles. The van der Waals surface area contributed by atoms with Crippen molar-refractivity contribution in [2.45, 2.75) is 25.7 Å². The van der Waals surface area contributed by atoms with Gasteiger partial charge in [0.15, 0.2) is 6.61 Å². The summed E-state index contributed by atoms with van der Waals surface area (Å²) in [6.07, 6.45) is -1.64. The monoisotopic (exact) mass is 328 g/mol. The fourth-order valence-corrected chi connectivity index (χ4v) is 1.78. The number of carbonyl (C=O) groups excluding carboxylic acids is 1. The Morgan fingerprint density at radius 1 is 1.43 bits per heavy atom. The summed E-state index contributed by atoms with van der Waals surface area (Å²) in [6, 6.07) is 5.58. The largest absolute Gasteiger partial charge is 0.484 e. The normalized spacial score (nSPS) is 12.7. The number of carbonyl (C=O) groups is 1. The first-order valence-electron chi connectivity index (χ1n) is 6.75. The summed E-state index contributed by atoms with van der Waals surface area (Å²) in [7, 11) is 0. The number of hydrogen-bond acceptors (Lipinski definition) is 4. The molecule has 0 fully saturated rings. The number of alkyl halides is 3. The van der Waals surface area contributed by atoms with Crippen LogP contribution in [0.4, 0.5) is 13.2 Å². The van der Waals surface area contributed by atoms with Gasteiger partial charge in [-0.2, -0.15) is 18.3 Å². The summed E-state index contributed by atoms with van der Waals surface area (Å²) >= 11 is 0. The standard InChI is InChI=1S/C14H15F3N4O2/c1-10(21-9-18-8-20-21)13(22)19-6-11-3-2-4-12(5-11)23-7-14(15,16)17/h2-5,8-10H,6-7H2,1H3,(H,19,22). The topological polar surface area (TPSA) is 69.0 Å². The number of hydrogen-bond donors (Lipinski definition) is 1. The lowest BCUT2D eigenvalue weighted by molar-refractivity contribution is -0.153. The molecule has 1 atom stereocenters. The Morgan fingerprint density at radius 2 is 2.22 bits per heavy atom. The SMILES string of the molecule is CC(C(=O)NCc1cccc(OCC(F)(F)F)c1)n1cncn1. The van der Waals surface area contributed by atoms with E-state index >= 15 is 0 Å². The fraction of sp³-hybridized carbons (Fsp3) is 0.357. The molecule has 0 aliphatic rings. The molecule has 1 unspecified atom stereocenters. The number of nitrogens with zero attached hydrogens (tertiary/aromatic N) is 3. The lowest BCUT2D eigenvalue weighted by Gasteiger charge is -2.13. The van der Waals surface area contributed by atoms with Crippen molar-refractivity contribution < 1.29 is 22.7 Å². The highest BCUT2D eigenvalue weighted by atomic mass is 19.4. The van der Waals surface area contributed by atoms with Crippen molar-refractivity contribution in [3.8, 4) is 5.75 Å². The van der Waals surface area contributed by atoms with Crippen molar-refractivity contribution in [1.82, 2.24) is 20.1 Å². The molecule has 9 heteroatoms. The van der Waals surface area contributed by atoms with E-state index in [1.807, 2.05) is 0 Å². The van der Waals surface area contributed by atoms with Gasteiger partial charge in [-0.1, -0.05) is 12.1 Å². The highest BCUT2D eigenvalue weighted by Gasteiger charge is 2.28. The van der Waals surface area contributed by atoms with Gasteiger partial charge < -0.3 is 10.1 Å². The second kappa shape index (κ2) is 7.12. The van der Waals surface area contributed by atoms with Gasteiger partial charge in [-0.3, -0.25) is 4.79 Å². The lowest BCUT2D eigenvalue weighted by atomic mass is 10.2. The van der Waals surface area contributed by atoms with Gasteiger partial charge in [0.1, 0.15) is 24.4 Å². The predicted molar refractivity (Wildman–Crippen MR) is 74.6 cm³/mol. The second-order valence-electron chi connectivity index (χ2n) is 4.82. The first-order chi connectivity index (χ1) is 10.8. The molecule has 0 saturated carbocycles. The van der Waals surface area contributed by atoms with Crippen molar-refractivity contribution in [1.29, 1.82) is 0 Å². The first-order valence-corrected chi connectivity index (χ1v) is 6.75.